The van der Waals surface area contributed by atoms with Crippen molar-refractivity contribution >= 4 is 17.3 Å². The fourth-order valence-electron chi connectivity index (χ4n) is 1.76. The summed E-state index contributed by atoms with van der Waals surface area (Å²) in [5, 5.41) is 22.7. The van der Waals surface area contributed by atoms with E-state index in [4.69, 9.17) is 4.74 Å². The first kappa shape index (κ1) is 14.3. The van der Waals surface area contributed by atoms with E-state index < -0.39 is 22.3 Å². The predicted octanol–water partition coefficient (Wildman–Crippen LogP) is 2.56. The topological polar surface area (TPSA) is 102 Å². The van der Waals surface area contributed by atoms with Gasteiger partial charge in [0, 0.05) is 11.6 Å². The van der Waals surface area contributed by atoms with Gasteiger partial charge in [-0.05, 0) is 24.3 Å². The zero-order valence-corrected chi connectivity index (χ0v) is 11.1. The van der Waals surface area contributed by atoms with Crippen LogP contribution < -0.4 is 10.1 Å². The summed E-state index contributed by atoms with van der Waals surface area (Å²) < 4.78 is 5.10. The molecule has 21 heavy (non-hydrogen) atoms. The highest BCUT2D eigenvalue weighted by molar-refractivity contribution is 6.05. The van der Waals surface area contributed by atoms with Crippen LogP contribution in [0.1, 0.15) is 10.4 Å². The molecule has 7 heteroatoms. The van der Waals surface area contributed by atoms with Crippen molar-refractivity contribution in [1.82, 2.24) is 0 Å². The quantitative estimate of drug-likeness (QED) is 0.665. The lowest BCUT2D eigenvalue weighted by atomic mass is 10.1. The number of rotatable bonds is 4. The molecular weight excluding hydrogens is 276 g/mol. The lowest BCUT2D eigenvalue weighted by molar-refractivity contribution is -0.385. The van der Waals surface area contributed by atoms with E-state index in [-0.39, 0.29) is 5.56 Å². The average molecular weight is 288 g/mol. The Kier molecular flexibility index (Phi) is 4.03. The molecule has 0 aliphatic heterocycles. The number of carbonyl (C=O) groups excluding carboxylic acids is 1. The molecule has 108 valence electrons. The van der Waals surface area contributed by atoms with Gasteiger partial charge in [-0.15, -0.1) is 0 Å². The summed E-state index contributed by atoms with van der Waals surface area (Å²) in [6, 6.07) is 10.2. The maximum absolute atomic E-state index is 12.1. The number of carbonyl (C=O) groups is 1. The summed E-state index contributed by atoms with van der Waals surface area (Å²) in [5.74, 6) is -0.589. The third kappa shape index (κ3) is 3.08. The van der Waals surface area contributed by atoms with Crippen molar-refractivity contribution in [2.45, 2.75) is 0 Å². The summed E-state index contributed by atoms with van der Waals surface area (Å²) in [6.07, 6.45) is 0. The molecule has 0 saturated carbocycles. The van der Waals surface area contributed by atoms with Crippen LogP contribution >= 0.6 is 0 Å². The van der Waals surface area contributed by atoms with E-state index >= 15 is 0 Å². The molecule has 2 rings (SSSR count). The Hall–Kier alpha value is -3.09. The Morgan fingerprint density at radius 1 is 1.29 bits per heavy atom. The van der Waals surface area contributed by atoms with Crippen molar-refractivity contribution < 1.29 is 19.6 Å². The molecule has 0 spiro atoms. The lowest BCUT2D eigenvalue weighted by Gasteiger charge is -2.09. The van der Waals surface area contributed by atoms with Crippen molar-refractivity contribution in [3.63, 3.8) is 0 Å². The minimum atomic E-state index is -0.725. The number of benzene rings is 2. The molecule has 0 unspecified atom stereocenters. The van der Waals surface area contributed by atoms with Crippen LogP contribution in [0.2, 0.25) is 0 Å². The van der Waals surface area contributed by atoms with E-state index in [2.05, 4.69) is 5.32 Å². The van der Waals surface area contributed by atoms with Crippen molar-refractivity contribution in [2.75, 3.05) is 12.4 Å². The van der Waals surface area contributed by atoms with Gasteiger partial charge in [-0.2, -0.15) is 0 Å². The van der Waals surface area contributed by atoms with Crippen LogP contribution in [0.15, 0.2) is 42.5 Å². The number of amides is 1. The smallest absolute Gasteiger partial charge is 0.310 e. The Balaban J connectivity index is 2.25. The molecule has 1 amide bonds. The zero-order valence-electron chi connectivity index (χ0n) is 11.1. The fraction of sp³-hybridized carbons (Fsp3) is 0.0714. The highest BCUT2D eigenvalue weighted by Crippen LogP contribution is 2.28. The van der Waals surface area contributed by atoms with E-state index in [1.807, 2.05) is 0 Å². The molecule has 0 radical (unpaired) electrons. The summed E-state index contributed by atoms with van der Waals surface area (Å²) in [4.78, 5) is 21.9. The highest BCUT2D eigenvalue weighted by Gasteiger charge is 2.16. The monoisotopic (exact) mass is 288 g/mol. The number of nitro benzene ring substituents is 1. The normalized spacial score (nSPS) is 9.95. The second kappa shape index (κ2) is 5.91. The van der Waals surface area contributed by atoms with Gasteiger partial charge in [0.1, 0.15) is 5.75 Å². The molecule has 0 fully saturated rings. The van der Waals surface area contributed by atoms with Gasteiger partial charge in [-0.1, -0.05) is 12.1 Å². The fourth-order valence-corrected chi connectivity index (χ4v) is 1.76. The number of hydrogen-bond donors (Lipinski definition) is 2. The molecular formula is C14H12N2O5. The molecule has 2 N–H and O–H groups in total. The molecule has 0 aromatic heterocycles. The minimum absolute atomic E-state index is 0.101. The third-order valence-corrected chi connectivity index (χ3v) is 2.79. The Morgan fingerprint density at radius 3 is 2.62 bits per heavy atom. The van der Waals surface area contributed by atoms with Crippen LogP contribution in [0.5, 0.6) is 11.5 Å². The van der Waals surface area contributed by atoms with Crippen molar-refractivity contribution in [1.29, 1.82) is 0 Å². The van der Waals surface area contributed by atoms with Gasteiger partial charge in [-0.3, -0.25) is 14.9 Å². The molecule has 0 saturated heterocycles. The van der Waals surface area contributed by atoms with Gasteiger partial charge < -0.3 is 15.2 Å². The van der Waals surface area contributed by atoms with Gasteiger partial charge in [0.2, 0.25) is 0 Å². The number of aromatic hydroxyl groups is 1. The van der Waals surface area contributed by atoms with Crippen molar-refractivity contribution in [3.8, 4) is 11.5 Å². The van der Waals surface area contributed by atoms with E-state index in [9.17, 15) is 20.0 Å². The number of nitro groups is 1. The van der Waals surface area contributed by atoms with E-state index in [1.54, 1.807) is 24.3 Å². The Bertz CT molecular complexity index is 700. The van der Waals surface area contributed by atoms with Crippen LogP contribution in [0, 0.1) is 10.1 Å². The second-order valence-corrected chi connectivity index (χ2v) is 4.12. The van der Waals surface area contributed by atoms with Crippen LogP contribution in [-0.4, -0.2) is 23.0 Å². The molecule has 0 atom stereocenters. The molecule has 0 aliphatic rings. The van der Waals surface area contributed by atoms with Gasteiger partial charge in [-0.25, -0.2) is 0 Å². The second-order valence-electron chi connectivity index (χ2n) is 4.12. The van der Waals surface area contributed by atoms with Gasteiger partial charge in [0.15, 0.2) is 5.75 Å². The van der Waals surface area contributed by atoms with Gasteiger partial charge >= 0.3 is 5.69 Å². The number of ether oxygens (including phenoxy) is 1. The maximum Gasteiger partial charge on any atom is 0.310 e. The number of methoxy groups -OCH3 is 1. The van der Waals surface area contributed by atoms with Crippen LogP contribution in [-0.2, 0) is 0 Å². The lowest BCUT2D eigenvalue weighted by Crippen LogP contribution is -2.12. The molecule has 2 aromatic rings. The number of phenols is 1. The number of para-hydroxylation sites is 2. The summed E-state index contributed by atoms with van der Waals surface area (Å²) >= 11 is 0. The number of anilines is 1. The molecule has 0 aliphatic carbocycles. The predicted molar refractivity (Wildman–Crippen MR) is 75.7 cm³/mol. The van der Waals surface area contributed by atoms with Crippen LogP contribution in [0.3, 0.4) is 0 Å². The average Bonchev–Trinajstić information content (AvgIpc) is 2.47. The zero-order chi connectivity index (χ0) is 15.4. The van der Waals surface area contributed by atoms with Crippen LogP contribution in [0.4, 0.5) is 11.4 Å². The SMILES string of the molecule is COc1ccccc1NC(=O)c1ccc([N+](=O)[O-])c(O)c1. The molecule has 0 bridgehead atoms. The van der Waals surface area contributed by atoms with Crippen LogP contribution in [0.25, 0.3) is 0 Å². The minimum Gasteiger partial charge on any atom is -0.502 e. The molecule has 7 nitrogen and oxygen atoms in total. The molecule has 0 heterocycles. The van der Waals surface area contributed by atoms with E-state index in [0.29, 0.717) is 11.4 Å². The Labute approximate surface area is 119 Å². The van der Waals surface area contributed by atoms with Gasteiger partial charge in [0.25, 0.3) is 5.91 Å². The third-order valence-electron chi connectivity index (χ3n) is 2.79. The first-order valence-electron chi connectivity index (χ1n) is 5.94. The first-order valence-corrected chi connectivity index (χ1v) is 5.94. The highest BCUT2D eigenvalue weighted by atomic mass is 16.6. The maximum atomic E-state index is 12.1. The van der Waals surface area contributed by atoms with Gasteiger partial charge in [0.05, 0.1) is 17.7 Å². The standard InChI is InChI=1S/C14H12N2O5/c1-21-13-5-3-2-4-10(13)15-14(18)9-6-7-11(16(19)20)12(17)8-9/h2-8,17H,1H3,(H,15,18). The largest absolute Gasteiger partial charge is 0.502 e. The molecule has 2 aromatic carbocycles. The summed E-state index contributed by atoms with van der Waals surface area (Å²) in [7, 11) is 1.47. The number of phenolic OH excluding ortho intramolecular Hbond substituents is 1. The summed E-state index contributed by atoms with van der Waals surface area (Å²) in [5.41, 5.74) is 0.107. The number of hydrogen-bond acceptors (Lipinski definition) is 5. The van der Waals surface area contributed by atoms with E-state index in [0.717, 1.165) is 12.1 Å². The van der Waals surface area contributed by atoms with E-state index in [1.165, 1.54) is 13.2 Å². The van der Waals surface area contributed by atoms with Crippen molar-refractivity contribution in [2.24, 2.45) is 0 Å². The van der Waals surface area contributed by atoms with Crippen molar-refractivity contribution in [3.05, 3.63) is 58.1 Å². The Morgan fingerprint density at radius 2 is 2.00 bits per heavy atom. The number of nitrogens with zero attached hydrogens (tertiary/aromatic N) is 1. The first-order chi connectivity index (χ1) is 10.0. The summed E-state index contributed by atoms with van der Waals surface area (Å²) in [6.45, 7) is 0. The number of nitrogens with one attached hydrogen (secondary N) is 1.